The van der Waals surface area contributed by atoms with Crippen molar-refractivity contribution in [3.05, 3.63) is 58.2 Å². The molecule has 0 atom stereocenters. The quantitative estimate of drug-likeness (QED) is 0.825. The van der Waals surface area contributed by atoms with Gasteiger partial charge in [-0.05, 0) is 61.5 Å². The number of carbonyl (C=O) groups is 1. The third kappa shape index (κ3) is 3.86. The third-order valence-corrected chi connectivity index (χ3v) is 4.47. The smallest absolute Gasteiger partial charge is 0.264 e. The molecule has 1 fully saturated rings. The summed E-state index contributed by atoms with van der Waals surface area (Å²) < 4.78 is 2.10. The van der Waals surface area contributed by atoms with Gasteiger partial charge in [-0.3, -0.25) is 4.79 Å². The van der Waals surface area contributed by atoms with E-state index in [1.807, 2.05) is 36.7 Å². The summed E-state index contributed by atoms with van der Waals surface area (Å²) in [6, 6.07) is 9.60. The first kappa shape index (κ1) is 15.9. The van der Waals surface area contributed by atoms with E-state index in [1.165, 1.54) is 11.8 Å². The summed E-state index contributed by atoms with van der Waals surface area (Å²) in [5, 5.41) is 3.96. The van der Waals surface area contributed by atoms with Gasteiger partial charge in [0.25, 0.3) is 5.91 Å². The summed E-state index contributed by atoms with van der Waals surface area (Å²) in [7, 11) is 0. The Balaban J connectivity index is 1.80. The van der Waals surface area contributed by atoms with Crippen LogP contribution in [0.5, 0.6) is 0 Å². The van der Waals surface area contributed by atoms with Gasteiger partial charge in [0, 0.05) is 23.5 Å². The van der Waals surface area contributed by atoms with Crippen molar-refractivity contribution in [2.45, 2.75) is 19.9 Å². The number of benzene rings is 1. The molecule has 0 spiro atoms. The highest BCUT2D eigenvalue weighted by Gasteiger charge is 2.23. The minimum atomic E-state index is -0.131. The second kappa shape index (κ2) is 6.64. The van der Waals surface area contributed by atoms with E-state index in [0.717, 1.165) is 5.56 Å². The van der Waals surface area contributed by atoms with Crippen LogP contribution in [0.2, 0.25) is 5.02 Å². The SMILES string of the molecule is CC(C)n1ccc(/C=C2/SC(=Nc3cccc(Cl)c3)NC2=O)c1. The Kier molecular flexibility index (Phi) is 4.59. The van der Waals surface area contributed by atoms with Gasteiger partial charge < -0.3 is 9.88 Å². The monoisotopic (exact) mass is 345 g/mol. The Morgan fingerprint density at radius 3 is 2.87 bits per heavy atom. The van der Waals surface area contributed by atoms with E-state index in [4.69, 9.17) is 11.6 Å². The first-order chi connectivity index (χ1) is 11.0. The number of hydrogen-bond acceptors (Lipinski definition) is 3. The van der Waals surface area contributed by atoms with Crippen LogP contribution in [0.15, 0.2) is 52.6 Å². The summed E-state index contributed by atoms with van der Waals surface area (Å²) in [6.07, 6.45) is 5.91. The van der Waals surface area contributed by atoms with Gasteiger partial charge >= 0.3 is 0 Å². The normalized spacial score (nSPS) is 18.2. The van der Waals surface area contributed by atoms with Crippen LogP contribution < -0.4 is 5.32 Å². The highest BCUT2D eigenvalue weighted by atomic mass is 35.5. The fourth-order valence-corrected chi connectivity index (χ4v) is 3.16. The van der Waals surface area contributed by atoms with Crippen molar-refractivity contribution in [1.82, 2.24) is 9.88 Å². The number of rotatable bonds is 3. The first-order valence-corrected chi connectivity index (χ1v) is 8.43. The molecule has 2 aromatic rings. The maximum Gasteiger partial charge on any atom is 0.264 e. The Bertz CT molecular complexity index is 808. The highest BCUT2D eigenvalue weighted by Crippen LogP contribution is 2.29. The molecular weight excluding hydrogens is 330 g/mol. The fraction of sp³-hybridized carbons (Fsp3) is 0.176. The maximum absolute atomic E-state index is 12.1. The van der Waals surface area contributed by atoms with Crippen LogP contribution in [0.1, 0.15) is 25.5 Å². The van der Waals surface area contributed by atoms with Crippen LogP contribution in [0.25, 0.3) is 6.08 Å². The lowest BCUT2D eigenvalue weighted by atomic mass is 10.3. The average Bonchev–Trinajstić information content (AvgIpc) is 3.07. The van der Waals surface area contributed by atoms with E-state index in [-0.39, 0.29) is 5.91 Å². The standard InChI is InChI=1S/C17H16ClN3OS/c1-11(2)21-7-6-12(10-21)8-15-16(22)20-17(23-15)19-14-5-3-4-13(18)9-14/h3-11H,1-2H3,(H,19,20,22)/b15-8+. The van der Waals surface area contributed by atoms with E-state index < -0.39 is 0 Å². The van der Waals surface area contributed by atoms with Gasteiger partial charge in [-0.2, -0.15) is 0 Å². The predicted molar refractivity (Wildman–Crippen MR) is 97.1 cm³/mol. The molecule has 1 aromatic carbocycles. The Labute approximate surface area is 144 Å². The maximum atomic E-state index is 12.1. The largest absolute Gasteiger partial charge is 0.351 e. The minimum Gasteiger partial charge on any atom is -0.351 e. The van der Waals surface area contributed by atoms with Crippen LogP contribution in [-0.2, 0) is 4.79 Å². The van der Waals surface area contributed by atoms with Gasteiger partial charge in [-0.15, -0.1) is 0 Å². The zero-order chi connectivity index (χ0) is 16.4. The van der Waals surface area contributed by atoms with Crippen molar-refractivity contribution >= 4 is 46.2 Å². The molecular formula is C17H16ClN3OS. The van der Waals surface area contributed by atoms with Crippen LogP contribution in [-0.4, -0.2) is 15.6 Å². The van der Waals surface area contributed by atoms with Crippen LogP contribution in [0.3, 0.4) is 0 Å². The Morgan fingerprint density at radius 1 is 1.35 bits per heavy atom. The molecule has 1 aromatic heterocycles. The van der Waals surface area contributed by atoms with Crippen molar-refractivity contribution < 1.29 is 4.79 Å². The van der Waals surface area contributed by atoms with Crippen molar-refractivity contribution in [2.24, 2.45) is 4.99 Å². The van der Waals surface area contributed by atoms with Gasteiger partial charge in [-0.25, -0.2) is 4.99 Å². The number of aromatic nitrogens is 1. The molecule has 2 heterocycles. The number of amidine groups is 1. The number of nitrogens with zero attached hydrogens (tertiary/aromatic N) is 2. The van der Waals surface area contributed by atoms with E-state index in [1.54, 1.807) is 12.1 Å². The fourth-order valence-electron chi connectivity index (χ4n) is 2.13. The number of thioether (sulfide) groups is 1. The van der Waals surface area contributed by atoms with Crippen molar-refractivity contribution in [1.29, 1.82) is 0 Å². The van der Waals surface area contributed by atoms with Gasteiger partial charge in [0.1, 0.15) is 0 Å². The first-order valence-electron chi connectivity index (χ1n) is 7.24. The molecule has 1 N–H and O–H groups in total. The van der Waals surface area contributed by atoms with Crippen molar-refractivity contribution in [3.8, 4) is 0 Å². The molecule has 0 bridgehead atoms. The van der Waals surface area contributed by atoms with Crippen LogP contribution in [0, 0.1) is 0 Å². The van der Waals surface area contributed by atoms with Gasteiger partial charge in [0.2, 0.25) is 0 Å². The molecule has 1 aliphatic rings. The lowest BCUT2D eigenvalue weighted by Gasteiger charge is -2.04. The molecule has 0 unspecified atom stereocenters. The van der Waals surface area contributed by atoms with Gasteiger partial charge in [0.15, 0.2) is 5.17 Å². The zero-order valence-corrected chi connectivity index (χ0v) is 14.4. The van der Waals surface area contributed by atoms with E-state index in [2.05, 4.69) is 28.7 Å². The Hall–Kier alpha value is -1.98. The summed E-state index contributed by atoms with van der Waals surface area (Å²) in [4.78, 5) is 17.1. The molecule has 1 amide bonds. The summed E-state index contributed by atoms with van der Waals surface area (Å²) in [5.74, 6) is -0.131. The number of carbonyl (C=O) groups excluding carboxylic acids is 1. The molecule has 6 heteroatoms. The topological polar surface area (TPSA) is 46.4 Å². The molecule has 4 nitrogen and oxygen atoms in total. The molecule has 23 heavy (non-hydrogen) atoms. The second-order valence-electron chi connectivity index (χ2n) is 5.45. The summed E-state index contributed by atoms with van der Waals surface area (Å²) >= 11 is 7.28. The van der Waals surface area contributed by atoms with Crippen molar-refractivity contribution in [2.75, 3.05) is 0 Å². The molecule has 1 saturated heterocycles. The summed E-state index contributed by atoms with van der Waals surface area (Å²) in [6.45, 7) is 4.23. The summed E-state index contributed by atoms with van der Waals surface area (Å²) in [5.41, 5.74) is 1.72. The predicted octanol–water partition coefficient (Wildman–Crippen LogP) is 4.61. The molecule has 0 saturated carbocycles. The van der Waals surface area contributed by atoms with E-state index >= 15 is 0 Å². The number of hydrogen-bond donors (Lipinski definition) is 1. The Morgan fingerprint density at radius 2 is 2.17 bits per heavy atom. The minimum absolute atomic E-state index is 0.131. The second-order valence-corrected chi connectivity index (χ2v) is 6.91. The van der Waals surface area contributed by atoms with E-state index in [0.29, 0.717) is 26.8 Å². The average molecular weight is 346 g/mol. The van der Waals surface area contributed by atoms with Crippen LogP contribution >= 0.6 is 23.4 Å². The third-order valence-electron chi connectivity index (χ3n) is 3.32. The van der Waals surface area contributed by atoms with Gasteiger partial charge in [0.05, 0.1) is 10.6 Å². The zero-order valence-electron chi connectivity index (χ0n) is 12.8. The van der Waals surface area contributed by atoms with Crippen molar-refractivity contribution in [3.63, 3.8) is 0 Å². The molecule has 0 radical (unpaired) electrons. The van der Waals surface area contributed by atoms with Crippen LogP contribution in [0.4, 0.5) is 5.69 Å². The lowest BCUT2D eigenvalue weighted by molar-refractivity contribution is -0.115. The molecule has 1 aliphatic heterocycles. The van der Waals surface area contributed by atoms with E-state index in [9.17, 15) is 4.79 Å². The lowest BCUT2D eigenvalue weighted by Crippen LogP contribution is -2.19. The number of amides is 1. The molecule has 0 aliphatic carbocycles. The molecule has 3 rings (SSSR count). The molecule has 118 valence electrons. The number of halogens is 1. The van der Waals surface area contributed by atoms with Gasteiger partial charge in [-0.1, -0.05) is 17.7 Å². The highest BCUT2D eigenvalue weighted by molar-refractivity contribution is 8.18. The number of nitrogens with one attached hydrogen (secondary N) is 1. The number of aliphatic imine (C=N–C) groups is 1.